The van der Waals surface area contributed by atoms with Crippen molar-refractivity contribution in [2.24, 2.45) is 0 Å². The first-order valence-electron chi connectivity index (χ1n) is 8.86. The molecule has 1 saturated heterocycles. The number of benzene rings is 2. The number of barbiturate groups is 1. The van der Waals surface area contributed by atoms with E-state index < -0.39 is 17.8 Å². The number of halogens is 1. The summed E-state index contributed by atoms with van der Waals surface area (Å²) in [5.74, 6) is -1.34. The standard InChI is InChI=1S/C22H21BrN2O3/c1-13-11-16(9-10-18(13)23)25-20(27)17(19(26)24-21(25)28)12-14-5-7-15(8-6-14)22(2,3)4/h5-12H,1-4H3,(H,24,26,28)/b17-12+. The summed E-state index contributed by atoms with van der Waals surface area (Å²) in [4.78, 5) is 38.5. The Morgan fingerprint density at radius 3 is 2.21 bits per heavy atom. The summed E-state index contributed by atoms with van der Waals surface area (Å²) in [6.45, 7) is 8.20. The minimum absolute atomic E-state index is 0.00632. The molecule has 0 atom stereocenters. The second-order valence-corrected chi connectivity index (χ2v) is 8.62. The molecule has 28 heavy (non-hydrogen) atoms. The van der Waals surface area contributed by atoms with E-state index in [1.54, 1.807) is 18.2 Å². The van der Waals surface area contributed by atoms with Crippen LogP contribution in [0.25, 0.3) is 6.08 Å². The lowest BCUT2D eigenvalue weighted by atomic mass is 9.86. The van der Waals surface area contributed by atoms with Gasteiger partial charge in [-0.15, -0.1) is 0 Å². The van der Waals surface area contributed by atoms with E-state index in [1.807, 2.05) is 31.2 Å². The molecule has 3 rings (SSSR count). The lowest BCUT2D eigenvalue weighted by Gasteiger charge is -2.26. The molecule has 0 bridgehead atoms. The number of anilines is 1. The van der Waals surface area contributed by atoms with Crippen molar-refractivity contribution in [3.8, 4) is 0 Å². The number of carbonyl (C=O) groups is 3. The van der Waals surface area contributed by atoms with Crippen LogP contribution in [0.1, 0.15) is 37.5 Å². The van der Waals surface area contributed by atoms with Gasteiger partial charge in [0.2, 0.25) is 0 Å². The molecule has 6 heteroatoms. The maximum Gasteiger partial charge on any atom is 0.335 e. The van der Waals surface area contributed by atoms with Gasteiger partial charge in [-0.05, 0) is 53.3 Å². The number of urea groups is 1. The number of hydrogen-bond acceptors (Lipinski definition) is 3. The van der Waals surface area contributed by atoms with Crippen molar-refractivity contribution in [3.63, 3.8) is 0 Å². The maximum atomic E-state index is 12.9. The van der Waals surface area contributed by atoms with E-state index in [1.165, 1.54) is 6.08 Å². The fraction of sp³-hybridized carbons (Fsp3) is 0.227. The van der Waals surface area contributed by atoms with Gasteiger partial charge in [0, 0.05) is 4.47 Å². The molecule has 144 valence electrons. The molecule has 0 aliphatic carbocycles. The van der Waals surface area contributed by atoms with Crippen molar-refractivity contribution >= 4 is 45.5 Å². The third-order valence-electron chi connectivity index (χ3n) is 4.59. The molecular formula is C22H21BrN2O3. The number of aryl methyl sites for hydroxylation is 1. The van der Waals surface area contributed by atoms with E-state index in [0.29, 0.717) is 11.3 Å². The van der Waals surface area contributed by atoms with E-state index in [-0.39, 0.29) is 11.0 Å². The normalized spacial score (nSPS) is 16.5. The third-order valence-corrected chi connectivity index (χ3v) is 5.48. The van der Waals surface area contributed by atoms with Gasteiger partial charge >= 0.3 is 6.03 Å². The number of amides is 4. The van der Waals surface area contributed by atoms with Gasteiger partial charge < -0.3 is 0 Å². The second-order valence-electron chi connectivity index (χ2n) is 7.76. The summed E-state index contributed by atoms with van der Waals surface area (Å²) >= 11 is 3.40. The Balaban J connectivity index is 1.97. The van der Waals surface area contributed by atoms with Crippen LogP contribution in [0.5, 0.6) is 0 Å². The highest BCUT2D eigenvalue weighted by molar-refractivity contribution is 9.10. The van der Waals surface area contributed by atoms with Crippen LogP contribution in [0, 0.1) is 6.92 Å². The van der Waals surface area contributed by atoms with Crippen LogP contribution in [0.15, 0.2) is 52.5 Å². The highest BCUT2D eigenvalue weighted by atomic mass is 79.9. The SMILES string of the molecule is Cc1cc(N2C(=O)NC(=O)/C(=C\c3ccc(C(C)(C)C)cc3)C2=O)ccc1Br. The van der Waals surface area contributed by atoms with E-state index in [4.69, 9.17) is 0 Å². The Labute approximate surface area is 172 Å². The van der Waals surface area contributed by atoms with Crippen LogP contribution in [-0.2, 0) is 15.0 Å². The first kappa shape index (κ1) is 20.0. The van der Waals surface area contributed by atoms with Crippen LogP contribution in [0.3, 0.4) is 0 Å². The van der Waals surface area contributed by atoms with Gasteiger partial charge in [-0.3, -0.25) is 14.9 Å². The molecule has 1 aliphatic heterocycles. The van der Waals surface area contributed by atoms with Crippen molar-refractivity contribution in [2.45, 2.75) is 33.1 Å². The second kappa shape index (κ2) is 7.36. The zero-order chi connectivity index (χ0) is 20.6. The Morgan fingerprint density at radius 2 is 1.64 bits per heavy atom. The predicted octanol–water partition coefficient (Wildman–Crippen LogP) is 4.72. The van der Waals surface area contributed by atoms with Gasteiger partial charge in [-0.1, -0.05) is 61.0 Å². The molecule has 2 aromatic rings. The summed E-state index contributed by atoms with van der Waals surface area (Å²) < 4.78 is 0.867. The minimum Gasteiger partial charge on any atom is -0.273 e. The van der Waals surface area contributed by atoms with Crippen LogP contribution in [0.4, 0.5) is 10.5 Å². The lowest BCUT2D eigenvalue weighted by molar-refractivity contribution is -0.122. The average molecular weight is 441 g/mol. The summed E-state index contributed by atoms with van der Waals surface area (Å²) in [5.41, 5.74) is 3.07. The van der Waals surface area contributed by atoms with Gasteiger partial charge in [-0.25, -0.2) is 9.69 Å². The number of nitrogens with zero attached hydrogens (tertiary/aromatic N) is 1. The fourth-order valence-electron chi connectivity index (χ4n) is 2.91. The van der Waals surface area contributed by atoms with Gasteiger partial charge in [0.05, 0.1) is 5.69 Å². The zero-order valence-electron chi connectivity index (χ0n) is 16.2. The van der Waals surface area contributed by atoms with Crippen molar-refractivity contribution in [3.05, 3.63) is 69.2 Å². The van der Waals surface area contributed by atoms with Crippen molar-refractivity contribution in [2.75, 3.05) is 4.90 Å². The molecule has 4 amide bonds. The van der Waals surface area contributed by atoms with Crippen LogP contribution >= 0.6 is 15.9 Å². The molecule has 1 N–H and O–H groups in total. The van der Waals surface area contributed by atoms with E-state index in [0.717, 1.165) is 20.5 Å². The quantitative estimate of drug-likeness (QED) is 0.542. The highest BCUT2D eigenvalue weighted by Crippen LogP contribution is 2.27. The minimum atomic E-state index is -0.753. The molecule has 1 fully saturated rings. The highest BCUT2D eigenvalue weighted by Gasteiger charge is 2.36. The van der Waals surface area contributed by atoms with Crippen molar-refractivity contribution < 1.29 is 14.4 Å². The molecule has 0 unspecified atom stereocenters. The van der Waals surface area contributed by atoms with Crippen molar-refractivity contribution in [1.29, 1.82) is 0 Å². The predicted molar refractivity (Wildman–Crippen MR) is 113 cm³/mol. The number of hydrogen-bond donors (Lipinski definition) is 1. The van der Waals surface area contributed by atoms with Gasteiger partial charge in [-0.2, -0.15) is 0 Å². The van der Waals surface area contributed by atoms with Crippen molar-refractivity contribution in [1.82, 2.24) is 5.32 Å². The lowest BCUT2D eigenvalue weighted by Crippen LogP contribution is -2.54. The van der Waals surface area contributed by atoms with Crippen LogP contribution in [0.2, 0.25) is 0 Å². The Hall–Kier alpha value is -2.73. The molecule has 0 saturated carbocycles. The van der Waals surface area contributed by atoms with E-state index >= 15 is 0 Å². The third kappa shape index (κ3) is 3.92. The molecule has 0 aromatic heterocycles. The number of rotatable bonds is 2. The Morgan fingerprint density at radius 1 is 1.00 bits per heavy atom. The van der Waals surface area contributed by atoms with Gasteiger partial charge in [0.1, 0.15) is 5.57 Å². The average Bonchev–Trinajstić information content (AvgIpc) is 2.61. The summed E-state index contributed by atoms with van der Waals surface area (Å²) in [6, 6.07) is 12.0. The van der Waals surface area contributed by atoms with Crippen LogP contribution in [-0.4, -0.2) is 17.8 Å². The summed E-state index contributed by atoms with van der Waals surface area (Å²) in [7, 11) is 0. The first-order chi connectivity index (χ1) is 13.1. The topological polar surface area (TPSA) is 66.5 Å². The summed E-state index contributed by atoms with van der Waals surface area (Å²) in [6.07, 6.45) is 1.51. The van der Waals surface area contributed by atoms with Gasteiger partial charge in [0.25, 0.3) is 11.8 Å². The maximum absolute atomic E-state index is 12.9. The molecule has 0 radical (unpaired) electrons. The molecule has 1 aliphatic rings. The monoisotopic (exact) mass is 440 g/mol. The number of carbonyl (C=O) groups excluding carboxylic acids is 3. The Kier molecular flexibility index (Phi) is 5.26. The smallest absolute Gasteiger partial charge is 0.273 e. The molecular weight excluding hydrogens is 420 g/mol. The number of nitrogens with one attached hydrogen (secondary N) is 1. The summed E-state index contributed by atoms with van der Waals surface area (Å²) in [5, 5.41) is 2.25. The zero-order valence-corrected chi connectivity index (χ0v) is 17.8. The van der Waals surface area contributed by atoms with E-state index in [2.05, 4.69) is 42.0 Å². The molecule has 5 nitrogen and oxygen atoms in total. The fourth-order valence-corrected chi connectivity index (χ4v) is 3.15. The van der Waals surface area contributed by atoms with Gasteiger partial charge in [0.15, 0.2) is 0 Å². The molecule has 1 heterocycles. The Bertz CT molecular complexity index is 1000. The largest absolute Gasteiger partial charge is 0.335 e. The number of imide groups is 2. The van der Waals surface area contributed by atoms with Crippen LogP contribution < -0.4 is 10.2 Å². The van der Waals surface area contributed by atoms with E-state index in [9.17, 15) is 14.4 Å². The molecule has 2 aromatic carbocycles. The molecule has 0 spiro atoms. The first-order valence-corrected chi connectivity index (χ1v) is 9.65.